The van der Waals surface area contributed by atoms with Crippen molar-refractivity contribution in [1.82, 2.24) is 0 Å². The molecule has 1 aliphatic carbocycles. The number of hydrogen-bond donors (Lipinski definition) is 2. The van der Waals surface area contributed by atoms with Gasteiger partial charge in [-0.05, 0) is 37.3 Å². The van der Waals surface area contributed by atoms with Crippen LogP contribution >= 0.6 is 0 Å². The molecule has 1 aromatic rings. The van der Waals surface area contributed by atoms with Crippen LogP contribution in [0.3, 0.4) is 0 Å². The van der Waals surface area contributed by atoms with Gasteiger partial charge >= 0.3 is 0 Å². The van der Waals surface area contributed by atoms with E-state index in [1.54, 1.807) is 0 Å². The van der Waals surface area contributed by atoms with Gasteiger partial charge in [0.15, 0.2) is 0 Å². The van der Waals surface area contributed by atoms with Gasteiger partial charge in [-0.2, -0.15) is 0 Å². The normalized spacial score (nSPS) is 28.8. The SMILES string of the molecule is CN1CCN(CCC2CCCC2(N)CO)c2ccccc21. The van der Waals surface area contributed by atoms with Crippen molar-refractivity contribution >= 4 is 11.4 Å². The second-order valence-corrected chi connectivity index (χ2v) is 6.67. The van der Waals surface area contributed by atoms with E-state index in [-0.39, 0.29) is 12.1 Å². The molecule has 0 amide bonds. The van der Waals surface area contributed by atoms with Gasteiger partial charge in [-0.15, -0.1) is 0 Å². The highest BCUT2D eigenvalue weighted by Crippen LogP contribution is 2.37. The van der Waals surface area contributed by atoms with Gasteiger partial charge in [0.1, 0.15) is 0 Å². The number of anilines is 2. The van der Waals surface area contributed by atoms with Crippen molar-refractivity contribution in [1.29, 1.82) is 0 Å². The molecule has 0 radical (unpaired) electrons. The number of nitrogens with two attached hydrogens (primary N) is 1. The number of fused-ring (bicyclic) bond motifs is 1. The Kier molecular flexibility index (Phi) is 4.09. The lowest BCUT2D eigenvalue weighted by Gasteiger charge is -2.38. The van der Waals surface area contributed by atoms with Crippen molar-refractivity contribution in [2.45, 2.75) is 31.2 Å². The summed E-state index contributed by atoms with van der Waals surface area (Å²) in [5, 5.41) is 9.58. The van der Waals surface area contributed by atoms with Crippen molar-refractivity contribution < 1.29 is 5.11 Å². The van der Waals surface area contributed by atoms with E-state index in [1.165, 1.54) is 11.4 Å². The molecule has 1 aromatic carbocycles. The van der Waals surface area contributed by atoms with Crippen molar-refractivity contribution in [3.8, 4) is 0 Å². The van der Waals surface area contributed by atoms with Crippen LogP contribution in [0.4, 0.5) is 11.4 Å². The molecule has 116 valence electrons. The maximum atomic E-state index is 9.58. The molecule has 0 bridgehead atoms. The Morgan fingerprint density at radius 3 is 2.81 bits per heavy atom. The number of likely N-dealkylation sites (N-methyl/N-ethyl adjacent to an activating group) is 1. The van der Waals surface area contributed by atoms with Gasteiger partial charge in [0.25, 0.3) is 0 Å². The van der Waals surface area contributed by atoms with Gasteiger partial charge in [0.05, 0.1) is 18.0 Å². The van der Waals surface area contributed by atoms with E-state index in [4.69, 9.17) is 5.73 Å². The average molecular weight is 289 g/mol. The van der Waals surface area contributed by atoms with E-state index in [1.807, 2.05) is 0 Å². The van der Waals surface area contributed by atoms with Crippen LogP contribution in [0.1, 0.15) is 25.7 Å². The predicted octanol–water partition coefficient (Wildman–Crippen LogP) is 1.82. The first-order chi connectivity index (χ1) is 10.1. The second-order valence-electron chi connectivity index (χ2n) is 6.67. The first-order valence-corrected chi connectivity index (χ1v) is 8.09. The van der Waals surface area contributed by atoms with Crippen LogP contribution in [0.25, 0.3) is 0 Å². The molecule has 4 heteroatoms. The zero-order valence-electron chi connectivity index (χ0n) is 13.0. The lowest BCUT2D eigenvalue weighted by atomic mass is 9.86. The fourth-order valence-electron chi connectivity index (χ4n) is 3.92. The smallest absolute Gasteiger partial charge is 0.0613 e. The van der Waals surface area contributed by atoms with Crippen LogP contribution in [-0.4, -0.2) is 43.9 Å². The van der Waals surface area contributed by atoms with E-state index in [0.717, 1.165) is 45.3 Å². The number of para-hydroxylation sites is 2. The van der Waals surface area contributed by atoms with Gasteiger partial charge in [-0.25, -0.2) is 0 Å². The molecule has 21 heavy (non-hydrogen) atoms. The fraction of sp³-hybridized carbons (Fsp3) is 0.647. The van der Waals surface area contributed by atoms with E-state index < -0.39 is 0 Å². The third kappa shape index (κ3) is 2.74. The van der Waals surface area contributed by atoms with Gasteiger partial charge in [-0.3, -0.25) is 0 Å². The Labute approximate surface area is 127 Å². The summed E-state index contributed by atoms with van der Waals surface area (Å²) in [6.45, 7) is 3.29. The second kappa shape index (κ2) is 5.85. The molecule has 2 atom stereocenters. The van der Waals surface area contributed by atoms with Gasteiger partial charge in [0, 0.05) is 32.2 Å². The average Bonchev–Trinajstić information content (AvgIpc) is 2.89. The van der Waals surface area contributed by atoms with Crippen LogP contribution in [0.15, 0.2) is 24.3 Å². The number of aliphatic hydroxyl groups excluding tert-OH is 1. The molecule has 1 fully saturated rings. The number of rotatable bonds is 4. The van der Waals surface area contributed by atoms with E-state index >= 15 is 0 Å². The quantitative estimate of drug-likeness (QED) is 0.888. The molecular weight excluding hydrogens is 262 g/mol. The molecule has 4 nitrogen and oxygen atoms in total. The highest BCUT2D eigenvalue weighted by molar-refractivity contribution is 5.73. The monoisotopic (exact) mass is 289 g/mol. The Morgan fingerprint density at radius 1 is 1.29 bits per heavy atom. The minimum atomic E-state index is -0.341. The van der Waals surface area contributed by atoms with E-state index in [0.29, 0.717) is 5.92 Å². The largest absolute Gasteiger partial charge is 0.394 e. The maximum absolute atomic E-state index is 9.58. The van der Waals surface area contributed by atoms with Crippen LogP contribution in [0.5, 0.6) is 0 Å². The maximum Gasteiger partial charge on any atom is 0.0613 e. The van der Waals surface area contributed by atoms with E-state index in [2.05, 4.69) is 41.1 Å². The lowest BCUT2D eigenvalue weighted by molar-refractivity contribution is 0.156. The van der Waals surface area contributed by atoms with Gasteiger partial charge < -0.3 is 20.6 Å². The summed E-state index contributed by atoms with van der Waals surface area (Å²) in [7, 11) is 2.16. The molecular formula is C17H27N3O. The first kappa shape index (κ1) is 14.7. The molecule has 1 saturated carbocycles. The molecule has 1 aliphatic heterocycles. The third-order valence-corrected chi connectivity index (χ3v) is 5.39. The molecule has 1 heterocycles. The molecule has 3 N–H and O–H groups in total. The number of nitrogens with zero attached hydrogens (tertiary/aromatic N) is 2. The summed E-state index contributed by atoms with van der Waals surface area (Å²) in [5.41, 5.74) is 8.66. The third-order valence-electron chi connectivity index (χ3n) is 5.39. The minimum absolute atomic E-state index is 0.122. The van der Waals surface area contributed by atoms with Crippen LogP contribution in [0.2, 0.25) is 0 Å². The summed E-state index contributed by atoms with van der Waals surface area (Å²) in [4.78, 5) is 4.80. The zero-order valence-corrected chi connectivity index (χ0v) is 13.0. The van der Waals surface area contributed by atoms with Crippen molar-refractivity contribution in [3.05, 3.63) is 24.3 Å². The van der Waals surface area contributed by atoms with Crippen LogP contribution in [0, 0.1) is 5.92 Å². The highest BCUT2D eigenvalue weighted by atomic mass is 16.3. The molecule has 3 rings (SSSR count). The van der Waals surface area contributed by atoms with Crippen LogP contribution in [-0.2, 0) is 0 Å². The molecule has 2 aliphatic rings. The standard InChI is InChI=1S/C17H27N3O/c1-19-11-12-20(16-7-3-2-6-15(16)19)10-8-14-5-4-9-17(14,18)13-21/h2-3,6-7,14,21H,4-5,8-13,18H2,1H3. The zero-order chi connectivity index (χ0) is 14.9. The Bertz CT molecular complexity index is 493. The fourth-order valence-corrected chi connectivity index (χ4v) is 3.92. The number of benzene rings is 1. The summed E-state index contributed by atoms with van der Waals surface area (Å²) < 4.78 is 0. The Balaban J connectivity index is 1.68. The van der Waals surface area contributed by atoms with Crippen molar-refractivity contribution in [2.24, 2.45) is 11.7 Å². The topological polar surface area (TPSA) is 52.7 Å². The van der Waals surface area contributed by atoms with Gasteiger partial charge in [-0.1, -0.05) is 18.6 Å². The predicted molar refractivity (Wildman–Crippen MR) is 87.9 cm³/mol. The van der Waals surface area contributed by atoms with Gasteiger partial charge in [0.2, 0.25) is 0 Å². The lowest BCUT2D eigenvalue weighted by Crippen LogP contribution is -2.48. The molecule has 0 aromatic heterocycles. The van der Waals surface area contributed by atoms with Crippen molar-refractivity contribution in [3.63, 3.8) is 0 Å². The molecule has 2 unspecified atom stereocenters. The minimum Gasteiger partial charge on any atom is -0.394 e. The number of aliphatic hydroxyl groups is 1. The molecule has 0 saturated heterocycles. The summed E-state index contributed by atoms with van der Waals surface area (Å²) in [5.74, 6) is 0.453. The van der Waals surface area contributed by atoms with Crippen LogP contribution < -0.4 is 15.5 Å². The summed E-state index contributed by atoms with van der Waals surface area (Å²) in [6, 6.07) is 8.62. The Hall–Kier alpha value is -1.26. The first-order valence-electron chi connectivity index (χ1n) is 8.09. The summed E-state index contributed by atoms with van der Waals surface area (Å²) >= 11 is 0. The number of hydrogen-bond acceptors (Lipinski definition) is 4. The highest BCUT2D eigenvalue weighted by Gasteiger charge is 2.38. The van der Waals surface area contributed by atoms with E-state index in [9.17, 15) is 5.11 Å². The summed E-state index contributed by atoms with van der Waals surface area (Å²) in [6.07, 6.45) is 4.36. The molecule has 0 spiro atoms. The Morgan fingerprint density at radius 2 is 2.05 bits per heavy atom. The van der Waals surface area contributed by atoms with Crippen molar-refractivity contribution in [2.75, 3.05) is 43.1 Å².